The molecule has 3 aliphatic heterocycles. The number of fused-ring (bicyclic) bond motifs is 2. The van der Waals surface area contributed by atoms with E-state index in [9.17, 15) is 9.59 Å². The lowest BCUT2D eigenvalue weighted by atomic mass is 10.0. The van der Waals surface area contributed by atoms with E-state index in [4.69, 9.17) is 4.74 Å². The SMILES string of the molecule is CC1=C(CN2CCN(c3cc4c(cc3NC(=O)c3cnn5cccnc35)CC(C)(C)O4)CC2)CC(=O)N1. The van der Waals surface area contributed by atoms with Crippen molar-refractivity contribution in [3.63, 3.8) is 0 Å². The minimum absolute atomic E-state index is 0.0778. The van der Waals surface area contributed by atoms with Crippen LogP contribution in [-0.4, -0.2) is 69.6 Å². The zero-order chi connectivity index (χ0) is 25.7. The van der Waals surface area contributed by atoms with Gasteiger partial charge in [0.2, 0.25) is 5.91 Å². The molecule has 2 aromatic heterocycles. The van der Waals surface area contributed by atoms with Gasteiger partial charge in [0.1, 0.15) is 16.9 Å². The van der Waals surface area contributed by atoms with Crippen molar-refractivity contribution in [1.82, 2.24) is 24.8 Å². The first-order valence-electron chi connectivity index (χ1n) is 12.7. The number of nitrogens with one attached hydrogen (secondary N) is 2. The summed E-state index contributed by atoms with van der Waals surface area (Å²) >= 11 is 0. The average molecular weight is 502 g/mol. The van der Waals surface area contributed by atoms with Crippen molar-refractivity contribution >= 4 is 28.8 Å². The summed E-state index contributed by atoms with van der Waals surface area (Å²) < 4.78 is 7.83. The van der Waals surface area contributed by atoms with E-state index in [-0.39, 0.29) is 17.4 Å². The second kappa shape index (κ2) is 8.88. The predicted octanol–water partition coefficient (Wildman–Crippen LogP) is 2.61. The highest BCUT2D eigenvalue weighted by Gasteiger charge is 2.33. The van der Waals surface area contributed by atoms with E-state index < -0.39 is 0 Å². The monoisotopic (exact) mass is 501 g/mol. The van der Waals surface area contributed by atoms with Gasteiger partial charge >= 0.3 is 0 Å². The van der Waals surface area contributed by atoms with Crippen LogP contribution < -0.4 is 20.3 Å². The fourth-order valence-electron chi connectivity index (χ4n) is 5.44. The number of piperazine rings is 1. The summed E-state index contributed by atoms with van der Waals surface area (Å²) in [5.41, 5.74) is 5.61. The van der Waals surface area contributed by atoms with Gasteiger partial charge in [-0.15, -0.1) is 0 Å². The molecule has 1 fully saturated rings. The third kappa shape index (κ3) is 4.53. The Balaban J connectivity index is 1.24. The number of carbonyl (C=O) groups excluding carboxylic acids is 2. The van der Waals surface area contributed by atoms with E-state index in [1.54, 1.807) is 29.2 Å². The lowest BCUT2D eigenvalue weighted by molar-refractivity contribution is -0.118. The Morgan fingerprint density at radius 1 is 1.22 bits per heavy atom. The molecule has 192 valence electrons. The summed E-state index contributed by atoms with van der Waals surface area (Å²) in [6.07, 6.45) is 6.24. The van der Waals surface area contributed by atoms with Crippen molar-refractivity contribution < 1.29 is 14.3 Å². The van der Waals surface area contributed by atoms with Crippen LogP contribution in [-0.2, 0) is 11.2 Å². The zero-order valence-electron chi connectivity index (χ0n) is 21.4. The quantitative estimate of drug-likeness (QED) is 0.554. The third-order valence-electron chi connectivity index (χ3n) is 7.31. The Morgan fingerprint density at radius 2 is 2.03 bits per heavy atom. The van der Waals surface area contributed by atoms with Crippen molar-refractivity contribution in [3.8, 4) is 5.75 Å². The first kappa shape index (κ1) is 23.5. The van der Waals surface area contributed by atoms with Gasteiger partial charge in [-0.3, -0.25) is 14.5 Å². The maximum atomic E-state index is 13.4. The molecule has 0 radical (unpaired) electrons. The van der Waals surface area contributed by atoms with E-state index in [1.165, 1.54) is 5.57 Å². The topological polar surface area (TPSA) is 104 Å². The second-order valence-corrected chi connectivity index (χ2v) is 10.6. The van der Waals surface area contributed by atoms with Crippen LogP contribution in [0.25, 0.3) is 5.65 Å². The predicted molar refractivity (Wildman–Crippen MR) is 140 cm³/mol. The molecule has 5 heterocycles. The summed E-state index contributed by atoms with van der Waals surface area (Å²) in [6, 6.07) is 5.89. The van der Waals surface area contributed by atoms with Crippen LogP contribution in [0.3, 0.4) is 0 Å². The van der Waals surface area contributed by atoms with Gasteiger partial charge < -0.3 is 20.3 Å². The Bertz CT molecular complexity index is 1430. The Labute approximate surface area is 215 Å². The van der Waals surface area contributed by atoms with E-state index >= 15 is 0 Å². The summed E-state index contributed by atoms with van der Waals surface area (Å²) in [7, 11) is 0. The Morgan fingerprint density at radius 3 is 2.78 bits per heavy atom. The van der Waals surface area contributed by atoms with E-state index in [1.807, 2.05) is 13.0 Å². The Hall–Kier alpha value is -3.92. The number of allylic oxidation sites excluding steroid dienone is 1. The summed E-state index contributed by atoms with van der Waals surface area (Å²) in [4.78, 5) is 34.1. The van der Waals surface area contributed by atoms with Crippen molar-refractivity contribution in [2.24, 2.45) is 0 Å². The number of anilines is 2. The molecule has 3 aromatic rings. The molecule has 6 rings (SSSR count). The second-order valence-electron chi connectivity index (χ2n) is 10.6. The molecule has 0 spiro atoms. The molecular weight excluding hydrogens is 470 g/mol. The van der Waals surface area contributed by atoms with E-state index in [0.29, 0.717) is 17.6 Å². The number of aromatic nitrogens is 3. The van der Waals surface area contributed by atoms with Crippen LogP contribution in [0.1, 0.15) is 43.1 Å². The third-order valence-corrected chi connectivity index (χ3v) is 7.31. The molecule has 0 unspecified atom stereocenters. The number of carbonyl (C=O) groups is 2. The smallest absolute Gasteiger partial charge is 0.261 e. The first-order valence-corrected chi connectivity index (χ1v) is 12.7. The molecule has 1 aromatic carbocycles. The number of rotatable bonds is 5. The standard InChI is InChI=1S/C27H31N7O3/c1-17-19(12-24(35)30-17)16-32-7-9-33(10-8-32)22-13-23-18(14-27(2,3)37-23)11-21(22)31-26(36)20-15-29-34-6-4-5-28-25(20)34/h4-6,11,13,15H,7-10,12,14,16H2,1-3H3,(H,30,35)(H,31,36). The van der Waals surface area contributed by atoms with E-state index in [0.717, 1.165) is 67.5 Å². The van der Waals surface area contributed by atoms with Gasteiger partial charge in [-0.1, -0.05) is 0 Å². The zero-order valence-corrected chi connectivity index (χ0v) is 21.4. The maximum Gasteiger partial charge on any atom is 0.261 e. The molecule has 37 heavy (non-hydrogen) atoms. The van der Waals surface area contributed by atoms with Gasteiger partial charge in [0.25, 0.3) is 5.91 Å². The number of amides is 2. The van der Waals surface area contributed by atoms with Crippen LogP contribution in [0, 0.1) is 0 Å². The Kier molecular flexibility index (Phi) is 5.63. The highest BCUT2D eigenvalue weighted by Crippen LogP contribution is 2.42. The minimum Gasteiger partial charge on any atom is -0.487 e. The molecule has 2 N–H and O–H groups in total. The van der Waals surface area contributed by atoms with Crippen molar-refractivity contribution in [2.45, 2.75) is 39.2 Å². The van der Waals surface area contributed by atoms with Crippen molar-refractivity contribution in [1.29, 1.82) is 0 Å². The molecule has 10 heteroatoms. The summed E-state index contributed by atoms with van der Waals surface area (Å²) in [5.74, 6) is 0.705. The number of nitrogens with zero attached hydrogens (tertiary/aromatic N) is 5. The van der Waals surface area contributed by atoms with Crippen molar-refractivity contribution in [3.05, 3.63) is 59.2 Å². The highest BCUT2D eigenvalue weighted by atomic mass is 16.5. The normalized spacial score (nSPS) is 19.2. The molecule has 1 saturated heterocycles. The molecule has 0 bridgehead atoms. The number of benzene rings is 1. The van der Waals surface area contributed by atoms with Gasteiger partial charge in [-0.2, -0.15) is 5.10 Å². The van der Waals surface area contributed by atoms with E-state index in [2.05, 4.69) is 50.4 Å². The van der Waals surface area contributed by atoms with Crippen LogP contribution in [0.2, 0.25) is 0 Å². The number of hydrogen-bond donors (Lipinski definition) is 2. The van der Waals surface area contributed by atoms with Gasteiger partial charge in [0.15, 0.2) is 5.65 Å². The summed E-state index contributed by atoms with van der Waals surface area (Å²) in [5, 5.41) is 10.3. The molecule has 0 saturated carbocycles. The lowest BCUT2D eigenvalue weighted by Gasteiger charge is -2.37. The van der Waals surface area contributed by atoms with Gasteiger partial charge in [-0.05, 0) is 38.5 Å². The lowest BCUT2D eigenvalue weighted by Crippen LogP contribution is -2.47. The minimum atomic E-state index is -0.286. The van der Waals surface area contributed by atoms with Crippen LogP contribution in [0.15, 0.2) is 48.1 Å². The van der Waals surface area contributed by atoms with Gasteiger partial charge in [-0.25, -0.2) is 9.50 Å². The molecule has 2 amide bonds. The van der Waals surface area contributed by atoms with Crippen LogP contribution >= 0.6 is 0 Å². The molecule has 3 aliphatic rings. The fourth-order valence-corrected chi connectivity index (χ4v) is 5.44. The number of hydrogen-bond acceptors (Lipinski definition) is 7. The molecular formula is C27H31N7O3. The molecule has 0 atom stereocenters. The largest absolute Gasteiger partial charge is 0.487 e. The average Bonchev–Trinajstić information content (AvgIpc) is 3.52. The van der Waals surface area contributed by atoms with Gasteiger partial charge in [0, 0.05) is 68.9 Å². The first-order chi connectivity index (χ1) is 17.8. The maximum absolute atomic E-state index is 13.4. The fraction of sp³-hybridized carbons (Fsp3) is 0.407. The highest BCUT2D eigenvalue weighted by molar-refractivity contribution is 6.09. The molecule has 0 aliphatic carbocycles. The number of ether oxygens (including phenoxy) is 1. The summed E-state index contributed by atoms with van der Waals surface area (Å²) in [6.45, 7) is 10.2. The van der Waals surface area contributed by atoms with Crippen molar-refractivity contribution in [2.75, 3.05) is 42.9 Å². The van der Waals surface area contributed by atoms with Crippen LogP contribution in [0.5, 0.6) is 5.75 Å². The molecule has 10 nitrogen and oxygen atoms in total. The van der Waals surface area contributed by atoms with Crippen LogP contribution in [0.4, 0.5) is 11.4 Å². The van der Waals surface area contributed by atoms with Gasteiger partial charge in [0.05, 0.1) is 24.0 Å².